The van der Waals surface area contributed by atoms with Gasteiger partial charge in [0.1, 0.15) is 0 Å². The van der Waals surface area contributed by atoms with Crippen molar-refractivity contribution in [3.63, 3.8) is 0 Å². The van der Waals surface area contributed by atoms with E-state index in [-0.39, 0.29) is 12.1 Å². The van der Waals surface area contributed by atoms with Crippen LogP contribution in [0.1, 0.15) is 43.2 Å². The Hall–Kier alpha value is -1.13. The highest BCUT2D eigenvalue weighted by Crippen LogP contribution is 2.37. The molecule has 1 fully saturated rings. The van der Waals surface area contributed by atoms with E-state index in [1.807, 2.05) is 18.2 Å². The van der Waals surface area contributed by atoms with Crippen LogP contribution in [0.5, 0.6) is 0 Å². The zero-order chi connectivity index (χ0) is 14.4. The molecule has 0 N–H and O–H groups in total. The van der Waals surface area contributed by atoms with Gasteiger partial charge in [0.15, 0.2) is 0 Å². The Morgan fingerprint density at radius 3 is 2.67 bits per heavy atom. The summed E-state index contributed by atoms with van der Waals surface area (Å²) in [5.41, 5.74) is 2.57. The lowest BCUT2D eigenvalue weighted by molar-refractivity contribution is 0.341. The van der Waals surface area contributed by atoms with Crippen molar-refractivity contribution in [2.45, 2.75) is 61.9 Å². The number of rotatable bonds is 2. The summed E-state index contributed by atoms with van der Waals surface area (Å²) in [6, 6.07) is 6.02. The summed E-state index contributed by atoms with van der Waals surface area (Å²) in [5, 5.41) is 0. The Kier molecular flexibility index (Phi) is 3.19. The SMILES string of the molecule is O=S(=O)(c1ccc2c(c1)CCCC2)N1C2C=CCC1CC2. The highest BCUT2D eigenvalue weighted by Gasteiger charge is 2.42. The number of hydrogen-bond donors (Lipinski definition) is 0. The molecule has 3 nitrogen and oxygen atoms in total. The van der Waals surface area contributed by atoms with Crippen LogP contribution < -0.4 is 0 Å². The largest absolute Gasteiger partial charge is 0.243 e. The lowest BCUT2D eigenvalue weighted by atomic mass is 9.92. The van der Waals surface area contributed by atoms with E-state index < -0.39 is 10.0 Å². The second-order valence-electron chi connectivity index (χ2n) is 6.43. The predicted octanol–water partition coefficient (Wildman–Crippen LogP) is 3.05. The van der Waals surface area contributed by atoms with E-state index in [4.69, 9.17) is 0 Å². The molecule has 0 spiro atoms. The number of hydrogen-bond acceptors (Lipinski definition) is 2. The standard InChI is InChI=1S/C17H21NO2S/c19-21(20,18-15-6-3-7-16(18)10-9-15)17-11-8-13-4-1-2-5-14(13)12-17/h3,6,8,11-12,15-16H,1-2,4-5,7,9-10H2. The molecule has 0 radical (unpaired) electrons. The molecule has 0 aromatic heterocycles. The Balaban J connectivity index is 1.73. The summed E-state index contributed by atoms with van der Waals surface area (Å²) >= 11 is 0. The van der Waals surface area contributed by atoms with Gasteiger partial charge in [-0.15, -0.1) is 0 Å². The summed E-state index contributed by atoms with van der Waals surface area (Å²) < 4.78 is 27.8. The first-order valence-electron chi connectivity index (χ1n) is 7.98. The summed E-state index contributed by atoms with van der Waals surface area (Å²) in [4.78, 5) is 0.496. The van der Waals surface area contributed by atoms with E-state index in [1.54, 1.807) is 4.31 Å². The fourth-order valence-electron chi connectivity index (χ4n) is 4.05. The topological polar surface area (TPSA) is 37.4 Å². The van der Waals surface area contributed by atoms with Crippen molar-refractivity contribution in [2.24, 2.45) is 0 Å². The molecular weight excluding hydrogens is 282 g/mol. The second-order valence-corrected chi connectivity index (χ2v) is 8.28. The van der Waals surface area contributed by atoms with Crippen LogP contribution in [0.2, 0.25) is 0 Å². The molecule has 0 amide bonds. The lowest BCUT2D eigenvalue weighted by Crippen LogP contribution is -2.42. The first kappa shape index (κ1) is 13.5. The van der Waals surface area contributed by atoms with Gasteiger partial charge in [-0.3, -0.25) is 0 Å². The van der Waals surface area contributed by atoms with Gasteiger partial charge in [-0.2, -0.15) is 4.31 Å². The molecular formula is C17H21NO2S. The summed E-state index contributed by atoms with van der Waals surface area (Å²) in [7, 11) is -3.35. The zero-order valence-electron chi connectivity index (χ0n) is 12.2. The molecule has 21 heavy (non-hydrogen) atoms. The van der Waals surface area contributed by atoms with E-state index >= 15 is 0 Å². The minimum atomic E-state index is -3.35. The summed E-state index contributed by atoms with van der Waals surface area (Å²) in [5.74, 6) is 0. The number of fused-ring (bicyclic) bond motifs is 3. The van der Waals surface area contributed by atoms with Crippen molar-refractivity contribution >= 4 is 10.0 Å². The van der Waals surface area contributed by atoms with E-state index in [2.05, 4.69) is 12.2 Å². The molecule has 112 valence electrons. The van der Waals surface area contributed by atoms with Gasteiger partial charge in [-0.05, 0) is 68.2 Å². The van der Waals surface area contributed by atoms with Crippen LogP contribution in [0.25, 0.3) is 0 Å². The number of aryl methyl sites for hydroxylation is 2. The first-order chi connectivity index (χ1) is 10.2. The molecule has 2 bridgehead atoms. The lowest BCUT2D eigenvalue weighted by Gasteiger charge is -2.30. The maximum Gasteiger partial charge on any atom is 0.243 e. The molecule has 2 unspecified atom stereocenters. The third-order valence-electron chi connectivity index (χ3n) is 5.14. The minimum absolute atomic E-state index is 0.0739. The van der Waals surface area contributed by atoms with Crippen LogP contribution in [0.4, 0.5) is 0 Å². The van der Waals surface area contributed by atoms with Crippen LogP contribution in [0.15, 0.2) is 35.2 Å². The van der Waals surface area contributed by atoms with Crippen LogP contribution >= 0.6 is 0 Å². The summed E-state index contributed by atoms with van der Waals surface area (Å²) in [6.45, 7) is 0. The smallest absolute Gasteiger partial charge is 0.207 e. The maximum absolute atomic E-state index is 13.0. The van der Waals surface area contributed by atoms with Crippen LogP contribution in [-0.2, 0) is 22.9 Å². The predicted molar refractivity (Wildman–Crippen MR) is 82.7 cm³/mol. The first-order valence-corrected chi connectivity index (χ1v) is 9.42. The molecule has 1 aliphatic carbocycles. The number of sulfonamides is 1. The van der Waals surface area contributed by atoms with Gasteiger partial charge >= 0.3 is 0 Å². The van der Waals surface area contributed by atoms with Crippen molar-refractivity contribution in [1.82, 2.24) is 4.31 Å². The van der Waals surface area contributed by atoms with Crippen LogP contribution in [0.3, 0.4) is 0 Å². The highest BCUT2D eigenvalue weighted by atomic mass is 32.2. The summed E-state index contributed by atoms with van der Waals surface area (Å²) in [6.07, 6.45) is 11.5. The van der Waals surface area contributed by atoms with Gasteiger partial charge in [0, 0.05) is 12.1 Å². The fourth-order valence-corrected chi connectivity index (χ4v) is 5.94. The Labute approximate surface area is 126 Å². The van der Waals surface area contributed by atoms with Crippen molar-refractivity contribution in [3.8, 4) is 0 Å². The van der Waals surface area contributed by atoms with Crippen LogP contribution in [-0.4, -0.2) is 24.8 Å². The minimum Gasteiger partial charge on any atom is -0.207 e. The number of benzene rings is 1. The van der Waals surface area contributed by atoms with Crippen molar-refractivity contribution < 1.29 is 8.42 Å². The second kappa shape index (κ2) is 4.96. The Bertz CT molecular complexity index is 693. The average molecular weight is 303 g/mol. The van der Waals surface area contributed by atoms with Crippen molar-refractivity contribution in [3.05, 3.63) is 41.5 Å². The van der Waals surface area contributed by atoms with Gasteiger partial charge in [-0.1, -0.05) is 18.2 Å². The fraction of sp³-hybridized carbons (Fsp3) is 0.529. The molecule has 2 heterocycles. The van der Waals surface area contributed by atoms with Gasteiger partial charge < -0.3 is 0 Å². The molecule has 1 aromatic rings. The molecule has 2 aliphatic heterocycles. The highest BCUT2D eigenvalue weighted by molar-refractivity contribution is 7.89. The molecule has 4 heteroatoms. The Morgan fingerprint density at radius 1 is 1.05 bits per heavy atom. The van der Waals surface area contributed by atoms with E-state index in [0.717, 1.165) is 32.1 Å². The molecule has 2 atom stereocenters. The quantitative estimate of drug-likeness (QED) is 0.788. The third kappa shape index (κ3) is 2.16. The van der Waals surface area contributed by atoms with E-state index in [0.29, 0.717) is 4.90 Å². The molecule has 3 aliphatic rings. The van der Waals surface area contributed by atoms with Crippen molar-refractivity contribution in [2.75, 3.05) is 0 Å². The number of nitrogens with zero attached hydrogens (tertiary/aromatic N) is 1. The third-order valence-corrected chi connectivity index (χ3v) is 7.12. The average Bonchev–Trinajstić information content (AvgIpc) is 2.78. The normalized spacial score (nSPS) is 28.6. The van der Waals surface area contributed by atoms with Gasteiger partial charge in [0.05, 0.1) is 4.90 Å². The molecule has 0 saturated carbocycles. The zero-order valence-corrected chi connectivity index (χ0v) is 13.0. The van der Waals surface area contributed by atoms with E-state index in [9.17, 15) is 8.42 Å². The molecule has 1 aromatic carbocycles. The molecule has 1 saturated heterocycles. The monoisotopic (exact) mass is 303 g/mol. The van der Waals surface area contributed by atoms with Gasteiger partial charge in [0.2, 0.25) is 10.0 Å². The van der Waals surface area contributed by atoms with Gasteiger partial charge in [0.25, 0.3) is 0 Å². The van der Waals surface area contributed by atoms with E-state index in [1.165, 1.54) is 24.0 Å². The van der Waals surface area contributed by atoms with Crippen molar-refractivity contribution in [1.29, 1.82) is 0 Å². The Morgan fingerprint density at radius 2 is 1.86 bits per heavy atom. The van der Waals surface area contributed by atoms with Gasteiger partial charge in [-0.25, -0.2) is 8.42 Å². The van der Waals surface area contributed by atoms with Crippen LogP contribution in [0, 0.1) is 0 Å². The maximum atomic E-state index is 13.0. The molecule has 4 rings (SSSR count).